The van der Waals surface area contributed by atoms with Crippen LogP contribution < -0.4 is 21.3 Å². The van der Waals surface area contributed by atoms with Crippen molar-refractivity contribution < 1.29 is 9.84 Å². The number of nitrogens with one attached hydrogen (secondary N) is 2. The van der Waals surface area contributed by atoms with Gasteiger partial charge in [-0.25, -0.2) is 4.79 Å². The van der Waals surface area contributed by atoms with E-state index >= 15 is 0 Å². The Hall–Kier alpha value is -3.07. The minimum absolute atomic E-state index is 0.0544. The molecule has 1 aromatic carbocycles. The van der Waals surface area contributed by atoms with Crippen LogP contribution in [0.1, 0.15) is 20.3 Å². The number of anilines is 1. The van der Waals surface area contributed by atoms with Gasteiger partial charge in [-0.1, -0.05) is 32.0 Å². The van der Waals surface area contributed by atoms with Crippen LogP contribution in [0.5, 0.6) is 5.75 Å². The zero-order valence-electron chi connectivity index (χ0n) is 16.9. The summed E-state index contributed by atoms with van der Waals surface area (Å²) < 4.78 is 8.50. The molecule has 0 spiro atoms. The van der Waals surface area contributed by atoms with E-state index in [9.17, 15) is 14.7 Å². The van der Waals surface area contributed by atoms with Gasteiger partial charge in [-0.3, -0.25) is 14.3 Å². The number of aromatic nitrogens is 4. The van der Waals surface area contributed by atoms with Crippen molar-refractivity contribution in [3.63, 3.8) is 0 Å². The smallest absolute Gasteiger partial charge is 0.329 e. The number of fused-ring (bicyclic) bond motifs is 1. The molecule has 2 aromatic heterocycles. The van der Waals surface area contributed by atoms with Crippen LogP contribution in [0.2, 0.25) is 0 Å². The Balaban J connectivity index is 1.87. The average molecular weight is 401 g/mol. The number of rotatable bonds is 9. The maximum atomic E-state index is 12.5. The number of H-pyrrole nitrogens is 1. The monoisotopic (exact) mass is 401 g/mol. The number of aliphatic hydroxyl groups is 1. The second-order valence-electron chi connectivity index (χ2n) is 7.42. The van der Waals surface area contributed by atoms with Gasteiger partial charge in [-0.15, -0.1) is 0 Å². The highest BCUT2D eigenvalue weighted by molar-refractivity contribution is 5.74. The summed E-state index contributed by atoms with van der Waals surface area (Å²) in [5, 5.41) is 13.7. The molecule has 0 radical (unpaired) electrons. The van der Waals surface area contributed by atoms with Crippen LogP contribution in [-0.2, 0) is 13.6 Å². The molecule has 9 heteroatoms. The van der Waals surface area contributed by atoms with Crippen LogP contribution in [0.25, 0.3) is 11.2 Å². The van der Waals surface area contributed by atoms with Gasteiger partial charge < -0.3 is 19.7 Å². The first kappa shape index (κ1) is 20.7. The summed E-state index contributed by atoms with van der Waals surface area (Å²) in [5.74, 6) is 1.58. The molecule has 9 nitrogen and oxygen atoms in total. The number of imidazole rings is 1. The Morgan fingerprint density at radius 2 is 1.97 bits per heavy atom. The molecule has 0 saturated carbocycles. The van der Waals surface area contributed by atoms with Crippen molar-refractivity contribution in [2.24, 2.45) is 13.0 Å². The van der Waals surface area contributed by atoms with E-state index in [2.05, 4.69) is 29.1 Å². The summed E-state index contributed by atoms with van der Waals surface area (Å²) >= 11 is 0. The summed E-state index contributed by atoms with van der Waals surface area (Å²) in [5.41, 5.74) is -0.572. The predicted octanol–water partition coefficient (Wildman–Crippen LogP) is 1.32. The van der Waals surface area contributed by atoms with Gasteiger partial charge in [0.05, 0.1) is 6.54 Å². The summed E-state index contributed by atoms with van der Waals surface area (Å²) in [7, 11) is 1.55. The van der Waals surface area contributed by atoms with Crippen LogP contribution in [0, 0.1) is 5.92 Å². The number of aliphatic hydroxyl groups excluding tert-OH is 1. The van der Waals surface area contributed by atoms with Crippen molar-refractivity contribution in [1.29, 1.82) is 0 Å². The van der Waals surface area contributed by atoms with E-state index in [-0.39, 0.29) is 24.3 Å². The minimum Gasteiger partial charge on any atom is -0.491 e. The van der Waals surface area contributed by atoms with E-state index in [1.807, 2.05) is 18.2 Å². The van der Waals surface area contributed by atoms with Crippen LogP contribution in [0.4, 0.5) is 5.95 Å². The number of para-hydroxylation sites is 1. The lowest BCUT2D eigenvalue weighted by Gasteiger charge is -2.16. The quantitative estimate of drug-likeness (QED) is 0.498. The van der Waals surface area contributed by atoms with Crippen LogP contribution in [0.3, 0.4) is 0 Å². The average Bonchev–Trinajstić information content (AvgIpc) is 3.04. The molecule has 0 amide bonds. The van der Waals surface area contributed by atoms with Gasteiger partial charge in [-0.2, -0.15) is 4.98 Å². The zero-order valence-corrected chi connectivity index (χ0v) is 16.9. The van der Waals surface area contributed by atoms with E-state index in [0.29, 0.717) is 24.2 Å². The lowest BCUT2D eigenvalue weighted by Crippen LogP contribution is -2.31. The van der Waals surface area contributed by atoms with E-state index in [4.69, 9.17) is 4.74 Å². The Kier molecular flexibility index (Phi) is 6.38. The van der Waals surface area contributed by atoms with Gasteiger partial charge in [0.25, 0.3) is 5.56 Å². The summed E-state index contributed by atoms with van der Waals surface area (Å²) in [6.07, 6.45) is 0.0351. The molecule has 2 heterocycles. The predicted molar refractivity (Wildman–Crippen MR) is 111 cm³/mol. The van der Waals surface area contributed by atoms with Gasteiger partial charge in [0.15, 0.2) is 11.2 Å². The summed E-state index contributed by atoms with van der Waals surface area (Å²) in [6, 6.07) is 9.19. The first-order chi connectivity index (χ1) is 13.9. The summed E-state index contributed by atoms with van der Waals surface area (Å²) in [6.45, 7) is 5.03. The molecule has 0 saturated heterocycles. The van der Waals surface area contributed by atoms with Crippen molar-refractivity contribution in [3.05, 3.63) is 51.2 Å². The van der Waals surface area contributed by atoms with Crippen molar-refractivity contribution in [2.75, 3.05) is 18.5 Å². The van der Waals surface area contributed by atoms with Gasteiger partial charge in [0, 0.05) is 13.6 Å². The third-order valence-electron chi connectivity index (χ3n) is 4.59. The molecule has 0 aliphatic heterocycles. The molecule has 29 heavy (non-hydrogen) atoms. The Morgan fingerprint density at radius 1 is 1.24 bits per heavy atom. The van der Waals surface area contributed by atoms with Crippen LogP contribution >= 0.6 is 0 Å². The van der Waals surface area contributed by atoms with Gasteiger partial charge >= 0.3 is 5.69 Å². The fourth-order valence-corrected chi connectivity index (χ4v) is 2.99. The number of hydrogen-bond acceptors (Lipinski definition) is 6. The van der Waals surface area contributed by atoms with Crippen molar-refractivity contribution in [2.45, 2.75) is 32.9 Å². The molecule has 0 aliphatic carbocycles. The second-order valence-corrected chi connectivity index (χ2v) is 7.42. The fraction of sp³-hybridized carbons (Fsp3) is 0.450. The maximum absolute atomic E-state index is 12.5. The van der Waals surface area contributed by atoms with E-state index in [1.165, 1.54) is 4.57 Å². The van der Waals surface area contributed by atoms with Crippen LogP contribution in [0.15, 0.2) is 39.9 Å². The first-order valence-electron chi connectivity index (χ1n) is 9.66. The molecule has 3 N–H and O–H groups in total. The number of hydrogen-bond donors (Lipinski definition) is 3. The zero-order chi connectivity index (χ0) is 21.0. The lowest BCUT2D eigenvalue weighted by atomic mass is 10.1. The Morgan fingerprint density at radius 3 is 2.66 bits per heavy atom. The Labute approximate surface area is 168 Å². The molecule has 3 aromatic rings. The summed E-state index contributed by atoms with van der Waals surface area (Å²) in [4.78, 5) is 31.1. The Bertz CT molecular complexity index is 1070. The molecule has 156 valence electrons. The number of aryl methyl sites for hydroxylation is 1. The number of ether oxygens (including phenoxy) is 1. The van der Waals surface area contributed by atoms with Crippen molar-refractivity contribution in [3.8, 4) is 5.75 Å². The molecular formula is C20H27N5O4. The maximum Gasteiger partial charge on any atom is 0.329 e. The SMILES string of the molecule is CC(C)CCNc1nc2c(c(=O)[nH]c(=O)n2C)n1C[C@@H](O)COc1ccccc1. The number of aromatic amines is 1. The van der Waals surface area contributed by atoms with Crippen LogP contribution in [-0.4, -0.2) is 43.5 Å². The van der Waals surface area contributed by atoms with E-state index < -0.39 is 17.4 Å². The third-order valence-corrected chi connectivity index (χ3v) is 4.59. The topological polar surface area (TPSA) is 114 Å². The van der Waals surface area contributed by atoms with Gasteiger partial charge in [-0.05, 0) is 24.5 Å². The van der Waals surface area contributed by atoms with Gasteiger partial charge in [0.1, 0.15) is 18.5 Å². The largest absolute Gasteiger partial charge is 0.491 e. The molecule has 0 unspecified atom stereocenters. The molecule has 0 aliphatic rings. The number of nitrogens with zero attached hydrogens (tertiary/aromatic N) is 3. The molecule has 3 rings (SSSR count). The normalized spacial score (nSPS) is 12.4. The second kappa shape index (κ2) is 8.95. The van der Waals surface area contributed by atoms with Crippen molar-refractivity contribution >= 4 is 17.1 Å². The molecule has 0 fully saturated rings. The van der Waals surface area contributed by atoms with Crippen molar-refractivity contribution in [1.82, 2.24) is 19.1 Å². The highest BCUT2D eigenvalue weighted by atomic mass is 16.5. The fourth-order valence-electron chi connectivity index (χ4n) is 2.99. The highest BCUT2D eigenvalue weighted by Crippen LogP contribution is 2.17. The van der Waals surface area contributed by atoms with E-state index in [0.717, 1.165) is 6.42 Å². The highest BCUT2D eigenvalue weighted by Gasteiger charge is 2.19. The molecule has 0 bridgehead atoms. The van der Waals surface area contributed by atoms with Gasteiger partial charge in [0.2, 0.25) is 5.95 Å². The molecular weight excluding hydrogens is 374 g/mol. The minimum atomic E-state index is -0.880. The van der Waals surface area contributed by atoms with E-state index in [1.54, 1.807) is 23.7 Å². The third kappa shape index (κ3) is 4.86. The molecule has 1 atom stereocenters. The first-order valence-corrected chi connectivity index (χ1v) is 9.66. The standard InChI is InChI=1S/C20H27N5O4/c1-13(2)9-10-21-19-22-17-16(18(27)23-20(28)24(17)3)25(19)11-14(26)12-29-15-7-5-4-6-8-15/h4-8,13-14,26H,9-12H2,1-3H3,(H,21,22)(H,23,27,28)/t14-/m1/s1. The lowest BCUT2D eigenvalue weighted by molar-refractivity contribution is 0.0938. The number of benzene rings is 1.